The van der Waals surface area contributed by atoms with Crippen LogP contribution in [0, 0.1) is 0 Å². The van der Waals surface area contributed by atoms with E-state index in [0.29, 0.717) is 19.1 Å². The van der Waals surface area contributed by atoms with Crippen molar-refractivity contribution in [1.82, 2.24) is 15.5 Å². The summed E-state index contributed by atoms with van der Waals surface area (Å²) in [5.74, 6) is 0.0867. The zero-order valence-electron chi connectivity index (χ0n) is 9.46. The average molecular weight is 211 g/mol. The molecule has 1 amide bonds. The molecule has 4 nitrogen and oxygen atoms in total. The lowest BCUT2D eigenvalue weighted by Crippen LogP contribution is -2.43. The van der Waals surface area contributed by atoms with E-state index in [2.05, 4.69) is 29.0 Å². The third-order valence-corrected chi connectivity index (χ3v) is 2.75. The van der Waals surface area contributed by atoms with Crippen LogP contribution in [0.1, 0.15) is 13.3 Å². The number of carbonyl (C=O) groups excluding carboxylic acids is 1. The normalized spacial score (nSPS) is 20.5. The fourth-order valence-corrected chi connectivity index (χ4v) is 1.88. The second-order valence-electron chi connectivity index (χ2n) is 3.80. The molecule has 1 aliphatic rings. The molecule has 1 aliphatic heterocycles. The zero-order chi connectivity index (χ0) is 11.1. The zero-order valence-corrected chi connectivity index (χ0v) is 9.46. The predicted molar refractivity (Wildman–Crippen MR) is 61.7 cm³/mol. The van der Waals surface area contributed by atoms with Crippen LogP contribution in [0.2, 0.25) is 0 Å². The highest BCUT2D eigenvalue weighted by molar-refractivity contribution is 5.78. The Balaban J connectivity index is 2.31. The molecule has 0 aromatic heterocycles. The van der Waals surface area contributed by atoms with Crippen molar-refractivity contribution in [2.45, 2.75) is 19.4 Å². The van der Waals surface area contributed by atoms with E-state index in [-0.39, 0.29) is 5.91 Å². The molecule has 1 rings (SSSR count). The van der Waals surface area contributed by atoms with Gasteiger partial charge in [-0.25, -0.2) is 0 Å². The molecule has 0 aliphatic carbocycles. The summed E-state index contributed by atoms with van der Waals surface area (Å²) in [6, 6.07) is 0.518. The van der Waals surface area contributed by atoms with E-state index in [4.69, 9.17) is 0 Å². The molecule has 2 N–H and O–H groups in total. The lowest BCUT2D eigenvalue weighted by atomic mass is 10.2. The first kappa shape index (κ1) is 12.2. The number of nitrogens with one attached hydrogen (secondary N) is 2. The standard InChI is InChI=1S/C11H21N3O/c1-3-6-13-11(15)9-14(4-2)10-5-7-12-8-10/h3,10,12H,1,4-9H2,2H3,(H,13,15). The van der Waals surface area contributed by atoms with Gasteiger partial charge in [0.05, 0.1) is 6.54 Å². The van der Waals surface area contributed by atoms with Crippen LogP contribution in [0.4, 0.5) is 0 Å². The molecule has 4 heteroatoms. The van der Waals surface area contributed by atoms with E-state index in [0.717, 1.165) is 26.1 Å². The summed E-state index contributed by atoms with van der Waals surface area (Å²) < 4.78 is 0. The number of hydrogen-bond donors (Lipinski definition) is 2. The molecular weight excluding hydrogens is 190 g/mol. The highest BCUT2D eigenvalue weighted by Gasteiger charge is 2.22. The average Bonchev–Trinajstić information content (AvgIpc) is 2.76. The van der Waals surface area contributed by atoms with Gasteiger partial charge in [0.2, 0.25) is 5.91 Å². The SMILES string of the molecule is C=CCNC(=O)CN(CC)C1CCNC1. The molecule has 0 aromatic carbocycles. The molecule has 0 radical (unpaired) electrons. The first-order chi connectivity index (χ1) is 7.27. The first-order valence-corrected chi connectivity index (χ1v) is 5.60. The first-order valence-electron chi connectivity index (χ1n) is 5.60. The third-order valence-electron chi connectivity index (χ3n) is 2.75. The van der Waals surface area contributed by atoms with Crippen molar-refractivity contribution >= 4 is 5.91 Å². The molecule has 1 unspecified atom stereocenters. The van der Waals surface area contributed by atoms with Gasteiger partial charge in [-0.05, 0) is 19.5 Å². The molecule has 1 atom stereocenters. The maximum atomic E-state index is 11.5. The van der Waals surface area contributed by atoms with Crippen molar-refractivity contribution in [1.29, 1.82) is 0 Å². The Morgan fingerprint density at radius 2 is 2.53 bits per heavy atom. The van der Waals surface area contributed by atoms with Crippen LogP contribution in [0.25, 0.3) is 0 Å². The van der Waals surface area contributed by atoms with Crippen LogP contribution in [-0.4, -0.2) is 49.6 Å². The van der Waals surface area contributed by atoms with Crippen LogP contribution in [0.5, 0.6) is 0 Å². The van der Waals surface area contributed by atoms with E-state index < -0.39 is 0 Å². The highest BCUT2D eigenvalue weighted by atomic mass is 16.2. The largest absolute Gasteiger partial charge is 0.352 e. The van der Waals surface area contributed by atoms with Crippen LogP contribution < -0.4 is 10.6 Å². The lowest BCUT2D eigenvalue weighted by Gasteiger charge is -2.25. The minimum absolute atomic E-state index is 0.0867. The van der Waals surface area contributed by atoms with Gasteiger partial charge in [-0.3, -0.25) is 9.69 Å². The smallest absolute Gasteiger partial charge is 0.234 e. The van der Waals surface area contributed by atoms with Gasteiger partial charge in [0.25, 0.3) is 0 Å². The fourth-order valence-electron chi connectivity index (χ4n) is 1.88. The van der Waals surface area contributed by atoms with Gasteiger partial charge in [0.15, 0.2) is 0 Å². The van der Waals surface area contributed by atoms with Crippen molar-refractivity contribution in [2.75, 3.05) is 32.7 Å². The van der Waals surface area contributed by atoms with Gasteiger partial charge >= 0.3 is 0 Å². The predicted octanol–water partition coefficient (Wildman–Crippen LogP) is -0.0276. The third kappa shape index (κ3) is 4.01. The summed E-state index contributed by atoms with van der Waals surface area (Å²) in [5.41, 5.74) is 0. The minimum atomic E-state index is 0.0867. The summed E-state index contributed by atoms with van der Waals surface area (Å²) in [6.07, 6.45) is 2.84. The molecule has 1 fully saturated rings. The Morgan fingerprint density at radius 3 is 3.07 bits per heavy atom. The molecule has 1 heterocycles. The second-order valence-corrected chi connectivity index (χ2v) is 3.80. The maximum absolute atomic E-state index is 11.5. The molecule has 86 valence electrons. The number of amides is 1. The molecule has 0 bridgehead atoms. The molecule has 0 aromatic rings. The number of likely N-dealkylation sites (N-methyl/N-ethyl adjacent to an activating group) is 1. The summed E-state index contributed by atoms with van der Waals surface area (Å²) in [6.45, 7) is 9.71. The van der Waals surface area contributed by atoms with Crippen LogP contribution in [-0.2, 0) is 4.79 Å². The van der Waals surface area contributed by atoms with Gasteiger partial charge < -0.3 is 10.6 Å². The number of carbonyl (C=O) groups is 1. The van der Waals surface area contributed by atoms with Crippen LogP contribution >= 0.6 is 0 Å². The number of nitrogens with zero attached hydrogens (tertiary/aromatic N) is 1. The Labute approximate surface area is 91.7 Å². The van der Waals surface area contributed by atoms with Crippen molar-refractivity contribution in [2.24, 2.45) is 0 Å². The molecule has 0 spiro atoms. The monoisotopic (exact) mass is 211 g/mol. The van der Waals surface area contributed by atoms with Crippen molar-refractivity contribution in [3.05, 3.63) is 12.7 Å². The summed E-state index contributed by atoms with van der Waals surface area (Å²) >= 11 is 0. The van der Waals surface area contributed by atoms with E-state index >= 15 is 0 Å². The van der Waals surface area contributed by atoms with Crippen LogP contribution in [0.15, 0.2) is 12.7 Å². The summed E-state index contributed by atoms with van der Waals surface area (Å²) in [5, 5.41) is 6.12. The quantitative estimate of drug-likeness (QED) is 0.607. The number of rotatable bonds is 6. The minimum Gasteiger partial charge on any atom is -0.352 e. The van der Waals surface area contributed by atoms with Gasteiger partial charge in [0.1, 0.15) is 0 Å². The lowest BCUT2D eigenvalue weighted by molar-refractivity contribution is -0.122. The van der Waals surface area contributed by atoms with Crippen molar-refractivity contribution < 1.29 is 4.79 Å². The molecule has 15 heavy (non-hydrogen) atoms. The topological polar surface area (TPSA) is 44.4 Å². The van der Waals surface area contributed by atoms with Crippen LogP contribution in [0.3, 0.4) is 0 Å². The molecular formula is C11H21N3O. The second kappa shape index (κ2) is 6.58. The Bertz CT molecular complexity index is 212. The summed E-state index contributed by atoms with van der Waals surface area (Å²) in [4.78, 5) is 13.7. The van der Waals surface area contributed by atoms with Crippen molar-refractivity contribution in [3.8, 4) is 0 Å². The van der Waals surface area contributed by atoms with Gasteiger partial charge in [-0.15, -0.1) is 6.58 Å². The highest BCUT2D eigenvalue weighted by Crippen LogP contribution is 2.07. The van der Waals surface area contributed by atoms with Gasteiger partial charge in [-0.2, -0.15) is 0 Å². The Hall–Kier alpha value is -0.870. The van der Waals surface area contributed by atoms with E-state index in [1.165, 1.54) is 0 Å². The molecule has 0 saturated carbocycles. The van der Waals surface area contributed by atoms with Crippen molar-refractivity contribution in [3.63, 3.8) is 0 Å². The Morgan fingerprint density at radius 1 is 1.73 bits per heavy atom. The van der Waals surface area contributed by atoms with Gasteiger partial charge in [-0.1, -0.05) is 13.0 Å². The number of hydrogen-bond acceptors (Lipinski definition) is 3. The fraction of sp³-hybridized carbons (Fsp3) is 0.727. The maximum Gasteiger partial charge on any atom is 0.234 e. The Kier molecular flexibility index (Phi) is 5.36. The van der Waals surface area contributed by atoms with E-state index in [9.17, 15) is 4.79 Å². The molecule has 1 saturated heterocycles. The van der Waals surface area contributed by atoms with E-state index in [1.807, 2.05) is 0 Å². The van der Waals surface area contributed by atoms with E-state index in [1.54, 1.807) is 6.08 Å². The van der Waals surface area contributed by atoms with Gasteiger partial charge in [0, 0.05) is 19.1 Å². The summed E-state index contributed by atoms with van der Waals surface area (Å²) in [7, 11) is 0.